The first-order valence-corrected chi connectivity index (χ1v) is 10.6. The SMILES string of the molecule is C/C=C(/CCCn1ccc(-c2ccccc2N)c1Br)CCC(=O)OC(C)(C)C. The van der Waals surface area contributed by atoms with E-state index in [9.17, 15) is 4.79 Å². The summed E-state index contributed by atoms with van der Waals surface area (Å²) in [5.74, 6) is -0.134. The second kappa shape index (κ2) is 9.97. The highest BCUT2D eigenvalue weighted by molar-refractivity contribution is 9.10. The summed E-state index contributed by atoms with van der Waals surface area (Å²) in [7, 11) is 0. The molecule has 0 saturated carbocycles. The molecule has 0 unspecified atom stereocenters. The van der Waals surface area contributed by atoms with E-state index in [1.54, 1.807) is 0 Å². The average molecular weight is 447 g/mol. The van der Waals surface area contributed by atoms with Crippen molar-refractivity contribution in [3.63, 3.8) is 0 Å². The summed E-state index contributed by atoms with van der Waals surface area (Å²) in [5.41, 5.74) is 9.90. The number of hydrogen-bond acceptors (Lipinski definition) is 3. The van der Waals surface area contributed by atoms with E-state index in [1.165, 1.54) is 5.57 Å². The fourth-order valence-corrected chi connectivity index (χ4v) is 3.76. The average Bonchev–Trinajstić information content (AvgIpc) is 2.97. The van der Waals surface area contributed by atoms with Gasteiger partial charge < -0.3 is 15.0 Å². The van der Waals surface area contributed by atoms with Crippen molar-refractivity contribution in [1.29, 1.82) is 0 Å². The largest absolute Gasteiger partial charge is 0.460 e. The van der Waals surface area contributed by atoms with Gasteiger partial charge in [0.15, 0.2) is 0 Å². The number of nitrogens with two attached hydrogens (primary N) is 1. The maximum Gasteiger partial charge on any atom is 0.306 e. The topological polar surface area (TPSA) is 57.2 Å². The standard InChI is InChI=1S/C23H31BrN2O2/c1-5-17(12-13-21(27)28-23(2,3)4)9-8-15-26-16-14-19(22(26)24)18-10-6-7-11-20(18)25/h5-7,10-11,14,16H,8-9,12-13,15,25H2,1-4H3/b17-5-. The predicted octanol–water partition coefficient (Wildman–Crippen LogP) is 6.35. The number of carbonyl (C=O) groups is 1. The summed E-state index contributed by atoms with van der Waals surface area (Å²) < 4.78 is 8.63. The van der Waals surface area contributed by atoms with Gasteiger partial charge in [0.1, 0.15) is 5.60 Å². The number of aromatic nitrogens is 1. The second-order valence-corrected chi connectivity index (χ2v) is 8.69. The molecule has 0 saturated heterocycles. The fraction of sp³-hybridized carbons (Fsp3) is 0.435. The summed E-state index contributed by atoms with van der Waals surface area (Å²) in [6.45, 7) is 8.62. The van der Waals surface area contributed by atoms with Crippen LogP contribution in [0.25, 0.3) is 11.1 Å². The van der Waals surface area contributed by atoms with Gasteiger partial charge in [-0.25, -0.2) is 0 Å². The minimum atomic E-state index is -0.423. The smallest absolute Gasteiger partial charge is 0.306 e. The van der Waals surface area contributed by atoms with E-state index in [0.717, 1.165) is 47.2 Å². The number of benzene rings is 1. The second-order valence-electron chi connectivity index (χ2n) is 7.94. The zero-order valence-corrected chi connectivity index (χ0v) is 18.9. The lowest BCUT2D eigenvalue weighted by Gasteiger charge is -2.19. The fourth-order valence-electron chi connectivity index (χ4n) is 3.11. The van der Waals surface area contributed by atoms with E-state index in [2.05, 4.69) is 38.8 Å². The van der Waals surface area contributed by atoms with Gasteiger partial charge in [0.05, 0.1) is 4.60 Å². The summed E-state index contributed by atoms with van der Waals surface area (Å²) >= 11 is 3.72. The first kappa shape index (κ1) is 22.3. The minimum absolute atomic E-state index is 0.134. The Morgan fingerprint density at radius 2 is 1.86 bits per heavy atom. The summed E-state index contributed by atoms with van der Waals surface area (Å²) in [6.07, 6.45) is 7.36. The summed E-state index contributed by atoms with van der Waals surface area (Å²) in [6, 6.07) is 9.99. The Morgan fingerprint density at radius 1 is 1.14 bits per heavy atom. The van der Waals surface area contributed by atoms with Gasteiger partial charge in [0.25, 0.3) is 0 Å². The molecule has 0 fully saturated rings. The lowest BCUT2D eigenvalue weighted by molar-refractivity contribution is -0.154. The Bertz CT molecular complexity index is 831. The van der Waals surface area contributed by atoms with Gasteiger partial charge in [-0.15, -0.1) is 0 Å². The van der Waals surface area contributed by atoms with Crippen LogP contribution in [-0.4, -0.2) is 16.1 Å². The number of halogens is 1. The molecule has 5 heteroatoms. The van der Waals surface area contributed by atoms with Gasteiger partial charge in [-0.05, 0) is 75.0 Å². The molecule has 0 spiro atoms. The van der Waals surface area contributed by atoms with E-state index in [4.69, 9.17) is 10.5 Å². The van der Waals surface area contributed by atoms with Crippen molar-refractivity contribution in [2.75, 3.05) is 5.73 Å². The van der Waals surface area contributed by atoms with Crippen LogP contribution in [0.4, 0.5) is 5.69 Å². The van der Waals surface area contributed by atoms with Crippen LogP contribution < -0.4 is 5.73 Å². The molecule has 0 aliphatic heterocycles. The number of hydrogen-bond donors (Lipinski definition) is 1. The van der Waals surface area contributed by atoms with Crippen molar-refractivity contribution in [3.8, 4) is 11.1 Å². The Morgan fingerprint density at radius 3 is 2.50 bits per heavy atom. The molecule has 2 rings (SSSR count). The number of carbonyl (C=O) groups excluding carboxylic acids is 1. The zero-order valence-electron chi connectivity index (χ0n) is 17.3. The molecule has 0 bridgehead atoms. The van der Waals surface area contributed by atoms with Crippen molar-refractivity contribution in [3.05, 3.63) is 52.8 Å². The highest BCUT2D eigenvalue weighted by atomic mass is 79.9. The lowest BCUT2D eigenvalue weighted by Crippen LogP contribution is -2.23. The van der Waals surface area contributed by atoms with Gasteiger partial charge in [-0.3, -0.25) is 4.79 Å². The Balaban J connectivity index is 1.87. The first-order chi connectivity index (χ1) is 13.2. The van der Waals surface area contributed by atoms with E-state index >= 15 is 0 Å². The Kier molecular flexibility index (Phi) is 7.93. The maximum atomic E-state index is 11.9. The predicted molar refractivity (Wildman–Crippen MR) is 120 cm³/mol. The highest BCUT2D eigenvalue weighted by Gasteiger charge is 2.16. The molecule has 1 aromatic carbocycles. The quantitative estimate of drug-likeness (QED) is 0.292. The van der Waals surface area contributed by atoms with Crippen LogP contribution in [0.15, 0.2) is 52.8 Å². The summed E-state index contributed by atoms with van der Waals surface area (Å²) in [5, 5.41) is 0. The third-order valence-electron chi connectivity index (χ3n) is 4.52. The number of ether oxygens (including phenoxy) is 1. The van der Waals surface area contributed by atoms with Gasteiger partial charge >= 0.3 is 5.97 Å². The van der Waals surface area contributed by atoms with E-state index in [-0.39, 0.29) is 5.97 Å². The zero-order chi connectivity index (χ0) is 20.7. The van der Waals surface area contributed by atoms with Crippen molar-refractivity contribution in [2.45, 2.75) is 65.5 Å². The normalized spacial score (nSPS) is 12.2. The van der Waals surface area contributed by atoms with Crippen LogP contribution in [0.3, 0.4) is 0 Å². The molecule has 0 atom stereocenters. The monoisotopic (exact) mass is 446 g/mol. The van der Waals surface area contributed by atoms with E-state index < -0.39 is 5.60 Å². The van der Waals surface area contributed by atoms with E-state index in [1.807, 2.05) is 52.0 Å². The molecule has 4 nitrogen and oxygen atoms in total. The van der Waals surface area contributed by atoms with Gasteiger partial charge in [0.2, 0.25) is 0 Å². The third-order valence-corrected chi connectivity index (χ3v) is 5.40. The number of nitrogens with zero attached hydrogens (tertiary/aromatic N) is 1. The molecule has 152 valence electrons. The van der Waals surface area contributed by atoms with Crippen molar-refractivity contribution < 1.29 is 9.53 Å². The number of anilines is 1. The van der Waals surface area contributed by atoms with Crippen molar-refractivity contribution in [1.82, 2.24) is 4.57 Å². The molecule has 1 heterocycles. The molecule has 2 N–H and O–H groups in total. The van der Waals surface area contributed by atoms with Crippen LogP contribution in [0.5, 0.6) is 0 Å². The van der Waals surface area contributed by atoms with Gasteiger partial charge in [-0.1, -0.05) is 29.8 Å². The van der Waals surface area contributed by atoms with Gasteiger partial charge in [0, 0.05) is 36.0 Å². The molecule has 1 aromatic heterocycles. The maximum absolute atomic E-state index is 11.9. The Labute approximate surface area is 176 Å². The van der Waals surface area contributed by atoms with Crippen LogP contribution in [0.1, 0.15) is 53.4 Å². The van der Waals surface area contributed by atoms with Crippen LogP contribution in [0, 0.1) is 0 Å². The van der Waals surface area contributed by atoms with E-state index in [0.29, 0.717) is 6.42 Å². The molecular weight excluding hydrogens is 416 g/mol. The minimum Gasteiger partial charge on any atom is -0.460 e. The van der Waals surface area contributed by atoms with Crippen LogP contribution >= 0.6 is 15.9 Å². The number of rotatable bonds is 8. The lowest BCUT2D eigenvalue weighted by atomic mass is 10.0. The molecule has 0 radical (unpaired) electrons. The van der Waals surface area contributed by atoms with Crippen LogP contribution in [-0.2, 0) is 16.1 Å². The molecule has 0 aliphatic carbocycles. The molecule has 28 heavy (non-hydrogen) atoms. The molecule has 2 aromatic rings. The molecule has 0 aliphatic rings. The number of aryl methyl sites for hydroxylation is 1. The number of nitrogen functional groups attached to an aromatic ring is 1. The third kappa shape index (κ3) is 6.55. The van der Waals surface area contributed by atoms with Gasteiger partial charge in [-0.2, -0.15) is 0 Å². The number of esters is 1. The number of para-hydroxylation sites is 1. The molecular formula is C23H31BrN2O2. The van der Waals surface area contributed by atoms with Crippen molar-refractivity contribution >= 4 is 27.6 Å². The summed E-state index contributed by atoms with van der Waals surface area (Å²) in [4.78, 5) is 11.9. The number of allylic oxidation sites excluding steroid dienone is 2. The highest BCUT2D eigenvalue weighted by Crippen LogP contribution is 2.33. The molecule has 0 amide bonds. The first-order valence-electron chi connectivity index (χ1n) is 9.76. The van der Waals surface area contributed by atoms with Crippen molar-refractivity contribution in [2.24, 2.45) is 0 Å². The Hall–Kier alpha value is -2.01. The van der Waals surface area contributed by atoms with Crippen LogP contribution in [0.2, 0.25) is 0 Å².